The number of aromatic nitrogens is 2. The number of benzene rings is 1. The zero-order chi connectivity index (χ0) is 15.5. The summed E-state index contributed by atoms with van der Waals surface area (Å²) in [5, 5.41) is 2.76. The maximum absolute atomic E-state index is 12.9. The zero-order valence-electron chi connectivity index (χ0n) is 10.8. The Labute approximate surface area is 118 Å². The van der Waals surface area contributed by atoms with Crippen LogP contribution in [0.25, 0.3) is 0 Å². The fourth-order valence-corrected chi connectivity index (χ4v) is 1.77. The molecule has 0 amide bonds. The minimum atomic E-state index is -4.41. The second kappa shape index (κ2) is 5.83. The van der Waals surface area contributed by atoms with Gasteiger partial charge in [0.1, 0.15) is 11.6 Å². The number of hydrogen-bond donors (Lipinski definition) is 4. The molecule has 2 rings (SSSR count). The molecule has 0 unspecified atom stereocenters. The van der Waals surface area contributed by atoms with Gasteiger partial charge < -0.3 is 16.5 Å². The number of alkyl halides is 3. The molecule has 0 radical (unpaired) electrons. The van der Waals surface area contributed by atoms with Crippen LogP contribution in [0.15, 0.2) is 30.3 Å². The van der Waals surface area contributed by atoms with Crippen molar-refractivity contribution in [1.29, 1.82) is 0 Å². The van der Waals surface area contributed by atoms with E-state index in [9.17, 15) is 13.2 Å². The van der Waals surface area contributed by atoms with Gasteiger partial charge in [0.05, 0.1) is 5.56 Å². The molecule has 2 aromatic rings. The SMILES string of the molecule is NNc1cc(NCc2ccccc2C(F)(F)F)nc(N)n1. The van der Waals surface area contributed by atoms with Crippen LogP contribution < -0.4 is 22.3 Å². The lowest BCUT2D eigenvalue weighted by Crippen LogP contribution is -2.14. The second-order valence-electron chi connectivity index (χ2n) is 4.15. The van der Waals surface area contributed by atoms with Crippen molar-refractivity contribution in [3.8, 4) is 0 Å². The summed E-state index contributed by atoms with van der Waals surface area (Å²) in [6.07, 6.45) is -4.41. The third-order valence-electron chi connectivity index (χ3n) is 2.67. The van der Waals surface area contributed by atoms with Gasteiger partial charge in [0.25, 0.3) is 0 Å². The molecule has 0 aliphatic rings. The van der Waals surface area contributed by atoms with Gasteiger partial charge in [0, 0.05) is 12.6 Å². The van der Waals surface area contributed by atoms with Crippen LogP contribution in [0.4, 0.5) is 30.8 Å². The minimum Gasteiger partial charge on any atom is -0.368 e. The standard InChI is InChI=1S/C12H13F3N6/c13-12(14,15)8-4-2-1-3-7(8)6-18-9-5-10(21-17)20-11(16)19-9/h1-5H,6,17H2,(H4,16,18,19,20,21). The van der Waals surface area contributed by atoms with Gasteiger partial charge in [-0.25, -0.2) is 5.84 Å². The maximum atomic E-state index is 12.9. The Bertz CT molecular complexity index is 629. The van der Waals surface area contributed by atoms with Crippen molar-refractivity contribution in [1.82, 2.24) is 9.97 Å². The molecule has 0 aliphatic carbocycles. The number of hydrazine groups is 1. The Hall–Kier alpha value is -2.55. The summed E-state index contributed by atoms with van der Waals surface area (Å²) in [6.45, 7) is -0.0594. The fourth-order valence-electron chi connectivity index (χ4n) is 1.77. The van der Waals surface area contributed by atoms with Crippen molar-refractivity contribution in [2.45, 2.75) is 12.7 Å². The summed E-state index contributed by atoms with van der Waals surface area (Å²) in [5.74, 6) is 5.69. The molecular weight excluding hydrogens is 285 g/mol. The highest BCUT2D eigenvalue weighted by Gasteiger charge is 2.32. The molecule has 0 atom stereocenters. The Morgan fingerprint density at radius 1 is 1.10 bits per heavy atom. The van der Waals surface area contributed by atoms with Crippen molar-refractivity contribution in [2.75, 3.05) is 16.5 Å². The third kappa shape index (κ3) is 3.72. The van der Waals surface area contributed by atoms with Gasteiger partial charge in [-0.1, -0.05) is 18.2 Å². The van der Waals surface area contributed by atoms with Crippen LogP contribution in [0, 0.1) is 0 Å². The van der Waals surface area contributed by atoms with Gasteiger partial charge >= 0.3 is 6.18 Å². The predicted molar refractivity (Wildman–Crippen MR) is 73.0 cm³/mol. The first-order valence-corrected chi connectivity index (χ1v) is 5.90. The zero-order valence-corrected chi connectivity index (χ0v) is 10.8. The molecule has 112 valence electrons. The molecule has 1 aromatic heterocycles. The van der Waals surface area contributed by atoms with Gasteiger partial charge in [-0.3, -0.25) is 0 Å². The molecule has 1 heterocycles. The van der Waals surface area contributed by atoms with Crippen LogP contribution in [0.1, 0.15) is 11.1 Å². The number of hydrogen-bond acceptors (Lipinski definition) is 6. The molecule has 0 bridgehead atoms. The summed E-state index contributed by atoms with van der Waals surface area (Å²) in [5.41, 5.74) is 7.16. The van der Waals surface area contributed by atoms with Crippen LogP contribution in [-0.2, 0) is 12.7 Å². The second-order valence-corrected chi connectivity index (χ2v) is 4.15. The van der Waals surface area contributed by atoms with Gasteiger partial charge in [-0.2, -0.15) is 23.1 Å². The van der Waals surface area contributed by atoms with Crippen LogP contribution in [0.2, 0.25) is 0 Å². The summed E-state index contributed by atoms with van der Waals surface area (Å²) in [4.78, 5) is 7.64. The maximum Gasteiger partial charge on any atom is 0.416 e. The van der Waals surface area contributed by atoms with E-state index in [4.69, 9.17) is 11.6 Å². The number of anilines is 3. The molecule has 0 aliphatic heterocycles. The highest BCUT2D eigenvalue weighted by Crippen LogP contribution is 2.32. The number of nitrogens with two attached hydrogens (primary N) is 2. The molecule has 6 nitrogen and oxygen atoms in total. The number of halogens is 3. The smallest absolute Gasteiger partial charge is 0.368 e. The van der Waals surface area contributed by atoms with E-state index in [0.717, 1.165) is 6.07 Å². The molecule has 6 N–H and O–H groups in total. The highest BCUT2D eigenvalue weighted by atomic mass is 19.4. The Kier molecular flexibility index (Phi) is 4.13. The molecular formula is C12H13F3N6. The molecule has 0 fully saturated rings. The number of nitrogens with one attached hydrogen (secondary N) is 2. The van der Waals surface area contributed by atoms with Crippen LogP contribution in [0.3, 0.4) is 0 Å². The lowest BCUT2D eigenvalue weighted by molar-refractivity contribution is -0.138. The molecule has 9 heteroatoms. The van der Waals surface area contributed by atoms with Crippen LogP contribution in [-0.4, -0.2) is 9.97 Å². The topological polar surface area (TPSA) is 102 Å². The normalized spacial score (nSPS) is 11.2. The molecule has 0 spiro atoms. The summed E-state index contributed by atoms with van der Waals surface area (Å²) >= 11 is 0. The summed E-state index contributed by atoms with van der Waals surface area (Å²) in [7, 11) is 0. The first-order valence-electron chi connectivity index (χ1n) is 5.90. The van der Waals surface area contributed by atoms with E-state index >= 15 is 0 Å². The van der Waals surface area contributed by atoms with E-state index in [-0.39, 0.29) is 29.7 Å². The Balaban J connectivity index is 2.19. The lowest BCUT2D eigenvalue weighted by Gasteiger charge is -2.14. The van der Waals surface area contributed by atoms with Gasteiger partial charge in [-0.05, 0) is 11.6 Å². The minimum absolute atomic E-state index is 0.0444. The Morgan fingerprint density at radius 3 is 2.43 bits per heavy atom. The van der Waals surface area contributed by atoms with E-state index in [1.807, 2.05) is 0 Å². The lowest BCUT2D eigenvalue weighted by atomic mass is 10.1. The van der Waals surface area contributed by atoms with Gasteiger partial charge in [-0.15, -0.1) is 0 Å². The van der Waals surface area contributed by atoms with Crippen molar-refractivity contribution in [3.05, 3.63) is 41.5 Å². The fraction of sp³-hybridized carbons (Fsp3) is 0.167. The quantitative estimate of drug-likeness (QED) is 0.508. The highest BCUT2D eigenvalue weighted by molar-refractivity contribution is 5.50. The first-order chi connectivity index (χ1) is 9.90. The number of rotatable bonds is 4. The molecule has 0 saturated heterocycles. The van der Waals surface area contributed by atoms with Crippen molar-refractivity contribution >= 4 is 17.6 Å². The van der Waals surface area contributed by atoms with Gasteiger partial charge in [0.2, 0.25) is 5.95 Å². The average molecular weight is 298 g/mol. The summed E-state index contributed by atoms with van der Waals surface area (Å²) in [6, 6.07) is 6.73. The number of nitrogens with zero attached hydrogens (tertiary/aromatic N) is 2. The first kappa shape index (κ1) is 14.9. The van der Waals surface area contributed by atoms with E-state index in [2.05, 4.69) is 20.7 Å². The summed E-state index contributed by atoms with van der Waals surface area (Å²) < 4.78 is 38.6. The monoisotopic (exact) mass is 298 g/mol. The van der Waals surface area contributed by atoms with Gasteiger partial charge in [0.15, 0.2) is 0 Å². The van der Waals surface area contributed by atoms with Crippen LogP contribution in [0.5, 0.6) is 0 Å². The van der Waals surface area contributed by atoms with E-state index in [1.165, 1.54) is 24.3 Å². The number of nitrogen functional groups attached to an aromatic ring is 2. The molecule has 0 saturated carbocycles. The van der Waals surface area contributed by atoms with Crippen molar-refractivity contribution < 1.29 is 13.2 Å². The predicted octanol–water partition coefficient (Wildman–Crippen LogP) is 1.98. The van der Waals surface area contributed by atoms with Crippen LogP contribution >= 0.6 is 0 Å². The largest absolute Gasteiger partial charge is 0.416 e. The van der Waals surface area contributed by atoms with E-state index < -0.39 is 11.7 Å². The third-order valence-corrected chi connectivity index (χ3v) is 2.67. The van der Waals surface area contributed by atoms with E-state index in [1.54, 1.807) is 0 Å². The van der Waals surface area contributed by atoms with E-state index in [0.29, 0.717) is 0 Å². The Morgan fingerprint density at radius 2 is 1.76 bits per heavy atom. The molecule has 1 aromatic carbocycles. The molecule has 21 heavy (non-hydrogen) atoms. The van der Waals surface area contributed by atoms with Crippen molar-refractivity contribution in [2.24, 2.45) is 5.84 Å². The van der Waals surface area contributed by atoms with Crippen molar-refractivity contribution in [3.63, 3.8) is 0 Å². The average Bonchev–Trinajstić information content (AvgIpc) is 2.44.